The maximum atomic E-state index is 12.7. The van der Waals surface area contributed by atoms with E-state index in [1.807, 2.05) is 22.6 Å². The van der Waals surface area contributed by atoms with E-state index in [2.05, 4.69) is 22.6 Å². The van der Waals surface area contributed by atoms with Crippen LogP contribution in [0, 0.1) is 7.14 Å². The molecule has 0 radical (unpaired) electrons. The van der Waals surface area contributed by atoms with Crippen LogP contribution in [0.2, 0.25) is 0 Å². The third-order valence-electron chi connectivity index (χ3n) is 3.56. The largest absolute Gasteiger partial charge is 0.506 e. The Kier molecular flexibility index (Phi) is 5.69. The fourth-order valence-electron chi connectivity index (χ4n) is 2.49. The maximum absolute atomic E-state index is 12.7. The number of hydrogen-bond donors (Lipinski definition) is 2. The summed E-state index contributed by atoms with van der Waals surface area (Å²) in [5.74, 6) is -1.46. The molecule has 2 N–H and O–H groups in total. The molecule has 0 spiro atoms. The van der Waals surface area contributed by atoms with Crippen molar-refractivity contribution in [1.82, 2.24) is 4.90 Å². The van der Waals surface area contributed by atoms with Gasteiger partial charge in [-0.05, 0) is 70.2 Å². The number of amides is 1. The standard InChI is InChI=1S/C14H15I2NO4/c15-8-6-9(12(18)10(16)7-8)13(19)17-5-3-1-2-4-11(17)14(20)21/h6-7,11,18H,1-5H2,(H,20,21). The van der Waals surface area contributed by atoms with Gasteiger partial charge in [0.1, 0.15) is 11.8 Å². The number of aromatic hydroxyl groups is 1. The summed E-state index contributed by atoms with van der Waals surface area (Å²) in [5.41, 5.74) is 0.180. The second-order valence-corrected chi connectivity index (χ2v) is 7.39. The van der Waals surface area contributed by atoms with E-state index in [0.717, 1.165) is 22.8 Å². The highest BCUT2D eigenvalue weighted by Gasteiger charge is 2.32. The molecule has 0 aromatic heterocycles. The van der Waals surface area contributed by atoms with Gasteiger partial charge >= 0.3 is 5.97 Å². The summed E-state index contributed by atoms with van der Waals surface area (Å²) in [6.45, 7) is 0.414. The van der Waals surface area contributed by atoms with Crippen molar-refractivity contribution in [2.75, 3.05) is 6.54 Å². The van der Waals surface area contributed by atoms with Crippen LogP contribution in [0.15, 0.2) is 12.1 Å². The zero-order chi connectivity index (χ0) is 15.6. The van der Waals surface area contributed by atoms with Crippen molar-refractivity contribution in [3.05, 3.63) is 24.8 Å². The Labute approximate surface area is 150 Å². The van der Waals surface area contributed by atoms with Gasteiger partial charge in [-0.15, -0.1) is 0 Å². The van der Waals surface area contributed by atoms with Crippen molar-refractivity contribution in [3.63, 3.8) is 0 Å². The molecule has 1 aromatic carbocycles. The lowest BCUT2D eigenvalue weighted by Gasteiger charge is -2.27. The van der Waals surface area contributed by atoms with Crippen molar-refractivity contribution in [1.29, 1.82) is 0 Å². The van der Waals surface area contributed by atoms with Crippen molar-refractivity contribution in [2.24, 2.45) is 0 Å². The lowest BCUT2D eigenvalue weighted by atomic mass is 10.1. The number of nitrogens with zero attached hydrogens (tertiary/aromatic N) is 1. The van der Waals surface area contributed by atoms with E-state index in [0.29, 0.717) is 16.5 Å². The third-order valence-corrected chi connectivity index (χ3v) is 5.00. The zero-order valence-corrected chi connectivity index (χ0v) is 15.5. The molecule has 0 saturated carbocycles. The third kappa shape index (κ3) is 3.79. The number of carbonyl (C=O) groups excluding carboxylic acids is 1. The van der Waals surface area contributed by atoms with Crippen LogP contribution in [-0.4, -0.2) is 39.6 Å². The van der Waals surface area contributed by atoms with E-state index >= 15 is 0 Å². The molecule has 1 fully saturated rings. The first-order valence-electron chi connectivity index (χ1n) is 6.63. The molecule has 7 heteroatoms. The fourth-order valence-corrected chi connectivity index (χ4v) is 4.34. The molecule has 21 heavy (non-hydrogen) atoms. The lowest BCUT2D eigenvalue weighted by molar-refractivity contribution is -0.142. The Morgan fingerprint density at radius 1 is 1.19 bits per heavy atom. The van der Waals surface area contributed by atoms with Crippen LogP contribution in [0.1, 0.15) is 36.0 Å². The van der Waals surface area contributed by atoms with Crippen molar-refractivity contribution < 1.29 is 19.8 Å². The number of hydrogen-bond acceptors (Lipinski definition) is 3. The zero-order valence-electron chi connectivity index (χ0n) is 11.2. The Morgan fingerprint density at radius 2 is 1.90 bits per heavy atom. The molecule has 0 bridgehead atoms. The predicted molar refractivity (Wildman–Crippen MR) is 94.5 cm³/mol. The van der Waals surface area contributed by atoms with E-state index in [9.17, 15) is 19.8 Å². The number of phenolic OH excluding ortho intramolecular Hbond substituents is 1. The number of phenols is 1. The van der Waals surface area contributed by atoms with Gasteiger partial charge in [-0.2, -0.15) is 0 Å². The first kappa shape index (κ1) is 16.8. The van der Waals surface area contributed by atoms with E-state index in [1.54, 1.807) is 12.1 Å². The molecule has 1 saturated heterocycles. The van der Waals surface area contributed by atoms with Gasteiger partial charge in [-0.25, -0.2) is 4.79 Å². The SMILES string of the molecule is O=C(O)C1CCCCCN1C(=O)c1cc(I)cc(I)c1O. The van der Waals surface area contributed by atoms with Gasteiger partial charge in [-0.1, -0.05) is 12.8 Å². The van der Waals surface area contributed by atoms with Crippen LogP contribution in [0.3, 0.4) is 0 Å². The number of halogens is 2. The van der Waals surface area contributed by atoms with Crippen LogP contribution in [-0.2, 0) is 4.79 Å². The number of benzene rings is 1. The molecule has 1 aromatic rings. The smallest absolute Gasteiger partial charge is 0.326 e. The summed E-state index contributed by atoms with van der Waals surface area (Å²) in [4.78, 5) is 25.5. The minimum Gasteiger partial charge on any atom is -0.506 e. The average molecular weight is 515 g/mol. The number of carbonyl (C=O) groups is 2. The number of likely N-dealkylation sites (tertiary alicyclic amines) is 1. The summed E-state index contributed by atoms with van der Waals surface area (Å²) >= 11 is 4.04. The molecule has 5 nitrogen and oxygen atoms in total. The van der Waals surface area contributed by atoms with Gasteiger partial charge in [0.05, 0.1) is 9.13 Å². The molecule has 1 unspecified atom stereocenters. The van der Waals surface area contributed by atoms with Crippen LogP contribution in [0.4, 0.5) is 0 Å². The summed E-state index contributed by atoms with van der Waals surface area (Å²) in [6, 6.07) is 2.56. The summed E-state index contributed by atoms with van der Waals surface area (Å²) < 4.78 is 1.42. The van der Waals surface area contributed by atoms with Crippen LogP contribution in [0.25, 0.3) is 0 Å². The van der Waals surface area contributed by atoms with Crippen molar-refractivity contribution in [3.8, 4) is 5.75 Å². The Morgan fingerprint density at radius 3 is 2.57 bits per heavy atom. The van der Waals surface area contributed by atoms with Gasteiger partial charge < -0.3 is 15.1 Å². The first-order chi connectivity index (χ1) is 9.91. The molecule has 1 aliphatic heterocycles. The number of aliphatic carboxylic acids is 1. The van der Waals surface area contributed by atoms with Gasteiger partial charge in [0.15, 0.2) is 0 Å². The summed E-state index contributed by atoms with van der Waals surface area (Å²) in [7, 11) is 0. The molecular formula is C14H15I2NO4. The molecule has 0 aliphatic carbocycles. The van der Waals surface area contributed by atoms with E-state index < -0.39 is 17.9 Å². The van der Waals surface area contributed by atoms with Gasteiger partial charge in [0.25, 0.3) is 5.91 Å². The van der Waals surface area contributed by atoms with Gasteiger partial charge in [0, 0.05) is 10.1 Å². The molecular weight excluding hydrogens is 500 g/mol. The van der Waals surface area contributed by atoms with Crippen LogP contribution < -0.4 is 0 Å². The first-order valence-corrected chi connectivity index (χ1v) is 8.79. The fraction of sp³-hybridized carbons (Fsp3) is 0.429. The van der Waals surface area contributed by atoms with Crippen LogP contribution in [0.5, 0.6) is 5.75 Å². The second-order valence-electron chi connectivity index (χ2n) is 4.99. The normalized spacial score (nSPS) is 19.1. The number of carboxylic acid groups (broad SMARTS) is 1. The quantitative estimate of drug-likeness (QED) is 0.595. The van der Waals surface area contributed by atoms with Crippen molar-refractivity contribution >= 4 is 57.1 Å². The highest BCUT2D eigenvalue weighted by molar-refractivity contribution is 14.1. The number of carboxylic acids is 1. The molecule has 2 rings (SSSR count). The maximum Gasteiger partial charge on any atom is 0.326 e. The van der Waals surface area contributed by atoms with Crippen molar-refractivity contribution in [2.45, 2.75) is 31.7 Å². The minimum atomic E-state index is -0.981. The highest BCUT2D eigenvalue weighted by atomic mass is 127. The average Bonchev–Trinajstić information content (AvgIpc) is 2.67. The second kappa shape index (κ2) is 7.12. The molecule has 1 heterocycles. The molecule has 1 atom stereocenters. The predicted octanol–water partition coefficient (Wildman–Crippen LogP) is 3.07. The Bertz CT molecular complexity index is 576. The van der Waals surface area contributed by atoms with Gasteiger partial charge in [0.2, 0.25) is 0 Å². The summed E-state index contributed by atoms with van der Waals surface area (Å²) in [6.07, 6.45) is 2.97. The Hall–Kier alpha value is -0.580. The van der Waals surface area contributed by atoms with E-state index in [1.165, 1.54) is 4.90 Å². The van der Waals surface area contributed by atoms with E-state index in [-0.39, 0.29) is 11.3 Å². The lowest BCUT2D eigenvalue weighted by Crippen LogP contribution is -2.44. The number of rotatable bonds is 2. The van der Waals surface area contributed by atoms with Crippen LogP contribution >= 0.6 is 45.2 Å². The Balaban J connectivity index is 2.39. The molecule has 1 aliphatic rings. The summed E-state index contributed by atoms with van der Waals surface area (Å²) in [5, 5.41) is 19.5. The molecule has 1 amide bonds. The highest BCUT2D eigenvalue weighted by Crippen LogP contribution is 2.29. The van der Waals surface area contributed by atoms with E-state index in [4.69, 9.17) is 0 Å². The monoisotopic (exact) mass is 515 g/mol. The minimum absolute atomic E-state index is 0.0746. The topological polar surface area (TPSA) is 77.8 Å². The van der Waals surface area contributed by atoms with Gasteiger partial charge in [-0.3, -0.25) is 4.79 Å². The molecule has 114 valence electrons.